The highest BCUT2D eigenvalue weighted by Gasteiger charge is 2.27. The first-order chi connectivity index (χ1) is 15.1. The first-order valence-electron chi connectivity index (χ1n) is 11.3. The number of benzene rings is 2. The van der Waals surface area contributed by atoms with Gasteiger partial charge < -0.3 is 10.6 Å². The third-order valence-corrected chi connectivity index (χ3v) is 6.36. The Morgan fingerprint density at radius 3 is 2.39 bits per heavy atom. The van der Waals surface area contributed by atoms with Crippen molar-refractivity contribution in [2.75, 3.05) is 18.4 Å². The standard InChI is InChI=1S/C25H30FN3O2/c26-21-10-8-19(9-11-21)24(30)28-23-7-3-4-18(16-23)17-29-14-12-20(13-15-29)25(31)27-22-5-1-2-6-22/h3-4,7-11,16,20,22H,1-2,5-6,12-15,17H2,(H,27,31)(H,28,30). The molecule has 4 rings (SSSR count). The van der Waals surface area contributed by atoms with Gasteiger partial charge in [-0.1, -0.05) is 25.0 Å². The van der Waals surface area contributed by atoms with E-state index in [-0.39, 0.29) is 23.5 Å². The molecule has 2 amide bonds. The van der Waals surface area contributed by atoms with Crippen LogP contribution < -0.4 is 10.6 Å². The third-order valence-electron chi connectivity index (χ3n) is 6.36. The van der Waals surface area contributed by atoms with Crippen LogP contribution in [0.2, 0.25) is 0 Å². The van der Waals surface area contributed by atoms with E-state index in [1.807, 2.05) is 24.3 Å². The van der Waals surface area contributed by atoms with E-state index < -0.39 is 0 Å². The van der Waals surface area contributed by atoms with E-state index in [1.54, 1.807) is 0 Å². The SMILES string of the molecule is O=C(Nc1cccc(CN2CCC(C(=O)NC3CCCC3)CC2)c1)c1ccc(F)cc1. The van der Waals surface area contributed by atoms with E-state index in [0.29, 0.717) is 11.6 Å². The minimum atomic E-state index is -0.363. The maximum Gasteiger partial charge on any atom is 0.255 e. The normalized spacial score (nSPS) is 18.1. The van der Waals surface area contributed by atoms with Crippen LogP contribution in [0, 0.1) is 11.7 Å². The number of hydrogen-bond acceptors (Lipinski definition) is 3. The Morgan fingerprint density at radius 2 is 1.68 bits per heavy atom. The molecule has 1 saturated heterocycles. The van der Waals surface area contributed by atoms with Gasteiger partial charge in [0.1, 0.15) is 5.82 Å². The Morgan fingerprint density at radius 1 is 0.968 bits per heavy atom. The number of likely N-dealkylation sites (tertiary alicyclic amines) is 1. The van der Waals surface area contributed by atoms with Crippen LogP contribution in [-0.2, 0) is 11.3 Å². The zero-order chi connectivity index (χ0) is 21.6. The van der Waals surface area contributed by atoms with Gasteiger partial charge in [0.25, 0.3) is 5.91 Å². The van der Waals surface area contributed by atoms with Gasteiger partial charge >= 0.3 is 0 Å². The number of anilines is 1. The van der Waals surface area contributed by atoms with Gasteiger partial charge in [0.2, 0.25) is 5.91 Å². The Labute approximate surface area is 183 Å². The topological polar surface area (TPSA) is 61.4 Å². The summed E-state index contributed by atoms with van der Waals surface area (Å²) in [5, 5.41) is 6.12. The highest BCUT2D eigenvalue weighted by Crippen LogP contribution is 2.23. The number of hydrogen-bond donors (Lipinski definition) is 2. The molecule has 0 spiro atoms. The smallest absolute Gasteiger partial charge is 0.255 e. The second kappa shape index (κ2) is 10.1. The quantitative estimate of drug-likeness (QED) is 0.726. The number of nitrogens with one attached hydrogen (secondary N) is 2. The summed E-state index contributed by atoms with van der Waals surface area (Å²) in [6.45, 7) is 2.58. The highest BCUT2D eigenvalue weighted by atomic mass is 19.1. The van der Waals surface area contributed by atoms with E-state index in [9.17, 15) is 14.0 Å². The zero-order valence-corrected chi connectivity index (χ0v) is 17.8. The molecule has 0 radical (unpaired) electrons. The molecule has 2 aromatic carbocycles. The van der Waals surface area contributed by atoms with Gasteiger partial charge in [0.05, 0.1) is 0 Å². The summed E-state index contributed by atoms with van der Waals surface area (Å²) >= 11 is 0. The molecule has 164 valence electrons. The molecule has 1 aliphatic carbocycles. The van der Waals surface area contributed by atoms with Gasteiger partial charge in [-0.3, -0.25) is 14.5 Å². The van der Waals surface area contributed by atoms with Crippen molar-refractivity contribution < 1.29 is 14.0 Å². The maximum absolute atomic E-state index is 13.1. The monoisotopic (exact) mass is 423 g/mol. The van der Waals surface area contributed by atoms with Gasteiger partial charge in [-0.05, 0) is 80.7 Å². The number of carbonyl (C=O) groups excluding carboxylic acids is 2. The van der Waals surface area contributed by atoms with Crippen LogP contribution >= 0.6 is 0 Å². The molecule has 0 aromatic heterocycles. The molecule has 2 N–H and O–H groups in total. The van der Waals surface area contributed by atoms with Crippen LogP contribution in [0.25, 0.3) is 0 Å². The maximum atomic E-state index is 13.1. The summed E-state index contributed by atoms with van der Waals surface area (Å²) < 4.78 is 13.1. The molecule has 1 saturated carbocycles. The first kappa shape index (κ1) is 21.5. The summed E-state index contributed by atoms with van der Waals surface area (Å²) in [7, 11) is 0. The van der Waals surface area contributed by atoms with Crippen molar-refractivity contribution in [1.29, 1.82) is 0 Å². The predicted octanol–water partition coefficient (Wildman–Crippen LogP) is 4.35. The summed E-state index contributed by atoms with van der Waals surface area (Å²) in [6.07, 6.45) is 6.48. The summed E-state index contributed by atoms with van der Waals surface area (Å²) in [4.78, 5) is 27.2. The van der Waals surface area contributed by atoms with Crippen LogP contribution in [0.15, 0.2) is 48.5 Å². The van der Waals surface area contributed by atoms with E-state index >= 15 is 0 Å². The lowest BCUT2D eigenvalue weighted by Crippen LogP contribution is -2.42. The summed E-state index contributed by atoms with van der Waals surface area (Å²) in [5.41, 5.74) is 2.26. The van der Waals surface area contributed by atoms with Crippen molar-refractivity contribution in [1.82, 2.24) is 10.2 Å². The number of rotatable bonds is 6. The number of halogens is 1. The zero-order valence-electron chi connectivity index (χ0n) is 17.8. The van der Waals surface area contributed by atoms with Crippen LogP contribution in [0.3, 0.4) is 0 Å². The van der Waals surface area contributed by atoms with Crippen molar-refractivity contribution in [2.24, 2.45) is 5.92 Å². The summed E-state index contributed by atoms with van der Waals surface area (Å²) in [6, 6.07) is 13.7. The highest BCUT2D eigenvalue weighted by molar-refractivity contribution is 6.04. The van der Waals surface area contributed by atoms with Gasteiger partial charge in [-0.15, -0.1) is 0 Å². The molecule has 0 bridgehead atoms. The average molecular weight is 424 g/mol. The fourth-order valence-electron chi connectivity index (χ4n) is 4.55. The van der Waals surface area contributed by atoms with Crippen molar-refractivity contribution in [3.05, 3.63) is 65.5 Å². The Kier molecular flexibility index (Phi) is 6.97. The van der Waals surface area contributed by atoms with E-state index in [4.69, 9.17) is 0 Å². The van der Waals surface area contributed by atoms with Crippen LogP contribution in [0.1, 0.15) is 54.4 Å². The molecular weight excluding hydrogens is 393 g/mol. The van der Waals surface area contributed by atoms with Gasteiger partial charge in [0.15, 0.2) is 0 Å². The van der Waals surface area contributed by atoms with Gasteiger partial charge in [0, 0.05) is 29.8 Å². The molecule has 1 heterocycles. The fraction of sp³-hybridized carbons (Fsp3) is 0.440. The predicted molar refractivity (Wildman–Crippen MR) is 119 cm³/mol. The number of nitrogens with zero attached hydrogens (tertiary/aromatic N) is 1. The molecule has 0 unspecified atom stereocenters. The van der Waals surface area contributed by atoms with Crippen molar-refractivity contribution in [3.8, 4) is 0 Å². The van der Waals surface area contributed by atoms with Crippen molar-refractivity contribution in [2.45, 2.75) is 51.1 Å². The Balaban J connectivity index is 1.27. The molecule has 0 atom stereocenters. The lowest BCUT2D eigenvalue weighted by molar-refractivity contribution is -0.127. The Bertz CT molecular complexity index is 901. The van der Waals surface area contributed by atoms with E-state index in [2.05, 4.69) is 15.5 Å². The van der Waals surface area contributed by atoms with Crippen molar-refractivity contribution >= 4 is 17.5 Å². The van der Waals surface area contributed by atoms with E-state index in [1.165, 1.54) is 37.1 Å². The lowest BCUT2D eigenvalue weighted by Gasteiger charge is -2.32. The molecule has 2 aromatic rings. The Hall–Kier alpha value is -2.73. The third kappa shape index (κ3) is 5.91. The second-order valence-corrected chi connectivity index (χ2v) is 8.70. The van der Waals surface area contributed by atoms with Crippen molar-refractivity contribution in [3.63, 3.8) is 0 Å². The molecule has 1 aliphatic heterocycles. The summed E-state index contributed by atoms with van der Waals surface area (Å²) in [5.74, 6) is -0.264. The largest absolute Gasteiger partial charge is 0.353 e. The van der Waals surface area contributed by atoms with Crippen LogP contribution in [0.4, 0.5) is 10.1 Å². The molecule has 2 aliphatic rings. The minimum Gasteiger partial charge on any atom is -0.353 e. The van der Waals surface area contributed by atoms with Crippen LogP contribution in [-0.4, -0.2) is 35.8 Å². The van der Waals surface area contributed by atoms with Gasteiger partial charge in [-0.25, -0.2) is 4.39 Å². The minimum absolute atomic E-state index is 0.123. The molecule has 6 heteroatoms. The second-order valence-electron chi connectivity index (χ2n) is 8.70. The van der Waals surface area contributed by atoms with Crippen LogP contribution in [0.5, 0.6) is 0 Å². The molecule has 5 nitrogen and oxygen atoms in total. The first-order valence-corrected chi connectivity index (χ1v) is 11.3. The molecule has 31 heavy (non-hydrogen) atoms. The average Bonchev–Trinajstić information content (AvgIpc) is 3.28. The van der Waals surface area contributed by atoms with Gasteiger partial charge in [-0.2, -0.15) is 0 Å². The molecular formula is C25H30FN3O2. The molecule has 2 fully saturated rings. The van der Waals surface area contributed by atoms with E-state index in [0.717, 1.165) is 56.6 Å². The fourth-order valence-corrected chi connectivity index (χ4v) is 4.55. The number of piperidine rings is 1. The number of amides is 2. The lowest BCUT2D eigenvalue weighted by atomic mass is 9.95. The number of carbonyl (C=O) groups is 2.